The Kier molecular flexibility index (Phi) is 4.60. The number of amides is 1. The molecular formula is C19H23N3O. The molecule has 1 unspecified atom stereocenters. The second-order valence-corrected chi connectivity index (χ2v) is 6.16. The number of carbonyl (C=O) groups is 1. The second-order valence-electron chi connectivity index (χ2n) is 6.16. The summed E-state index contributed by atoms with van der Waals surface area (Å²) in [4.78, 5) is 18.9. The third kappa shape index (κ3) is 3.52. The standard InChI is InChI=1S/C19H23N3O/c1-3-14(2)21-18-10-17(11-20-12-18)19(23)22-9-8-15-6-4-5-7-16(15)13-22/h4-7,10-12,14,21H,3,8-9,13H2,1-2H3. The Bertz CT molecular complexity index is 699. The van der Waals surface area contributed by atoms with Crippen LogP contribution in [0, 0.1) is 0 Å². The predicted molar refractivity (Wildman–Crippen MR) is 92.5 cm³/mol. The van der Waals surface area contributed by atoms with Crippen molar-refractivity contribution in [1.29, 1.82) is 0 Å². The number of pyridine rings is 1. The van der Waals surface area contributed by atoms with Gasteiger partial charge in [0.1, 0.15) is 0 Å². The zero-order valence-electron chi connectivity index (χ0n) is 13.7. The summed E-state index contributed by atoms with van der Waals surface area (Å²) < 4.78 is 0. The minimum absolute atomic E-state index is 0.0554. The SMILES string of the molecule is CCC(C)Nc1cncc(C(=O)N2CCc3ccccc3C2)c1. The summed E-state index contributed by atoms with van der Waals surface area (Å²) in [6, 6.07) is 10.6. The lowest BCUT2D eigenvalue weighted by molar-refractivity contribution is 0.0734. The van der Waals surface area contributed by atoms with E-state index in [1.165, 1.54) is 11.1 Å². The summed E-state index contributed by atoms with van der Waals surface area (Å²) in [7, 11) is 0. The molecule has 1 aromatic carbocycles. The Hall–Kier alpha value is -2.36. The van der Waals surface area contributed by atoms with Gasteiger partial charge in [0.15, 0.2) is 0 Å². The first kappa shape index (κ1) is 15.5. The van der Waals surface area contributed by atoms with E-state index < -0.39 is 0 Å². The molecule has 1 amide bonds. The highest BCUT2D eigenvalue weighted by Gasteiger charge is 2.21. The normalized spacial score (nSPS) is 15.0. The van der Waals surface area contributed by atoms with Gasteiger partial charge in [0.05, 0.1) is 11.3 Å². The molecule has 4 nitrogen and oxygen atoms in total. The minimum Gasteiger partial charge on any atom is -0.381 e. The first-order valence-corrected chi connectivity index (χ1v) is 8.25. The molecule has 3 rings (SSSR count). The molecule has 0 fully saturated rings. The number of aromatic nitrogens is 1. The summed E-state index contributed by atoms with van der Waals surface area (Å²) in [5.41, 5.74) is 4.15. The molecule has 0 saturated heterocycles. The van der Waals surface area contributed by atoms with Crippen LogP contribution in [0.15, 0.2) is 42.7 Å². The molecule has 2 aromatic rings. The van der Waals surface area contributed by atoms with Crippen molar-refractivity contribution in [2.75, 3.05) is 11.9 Å². The van der Waals surface area contributed by atoms with Crippen LogP contribution in [0.2, 0.25) is 0 Å². The third-order valence-corrected chi connectivity index (χ3v) is 4.43. The van der Waals surface area contributed by atoms with E-state index in [1.807, 2.05) is 17.0 Å². The number of anilines is 1. The lowest BCUT2D eigenvalue weighted by atomic mass is 9.99. The molecule has 0 spiro atoms. The number of hydrogen-bond donors (Lipinski definition) is 1. The molecule has 1 aromatic heterocycles. The summed E-state index contributed by atoms with van der Waals surface area (Å²) in [5, 5.41) is 3.37. The Labute approximate surface area is 137 Å². The van der Waals surface area contributed by atoms with Crippen molar-refractivity contribution < 1.29 is 4.79 Å². The van der Waals surface area contributed by atoms with Gasteiger partial charge in [0.2, 0.25) is 0 Å². The monoisotopic (exact) mass is 309 g/mol. The van der Waals surface area contributed by atoms with Gasteiger partial charge < -0.3 is 10.2 Å². The van der Waals surface area contributed by atoms with E-state index in [-0.39, 0.29) is 5.91 Å². The number of benzene rings is 1. The van der Waals surface area contributed by atoms with Crippen LogP contribution in [-0.2, 0) is 13.0 Å². The molecule has 0 radical (unpaired) electrons. The molecule has 1 atom stereocenters. The molecule has 1 aliphatic rings. The molecule has 23 heavy (non-hydrogen) atoms. The van der Waals surface area contributed by atoms with Gasteiger partial charge in [0, 0.05) is 31.5 Å². The quantitative estimate of drug-likeness (QED) is 0.940. The van der Waals surface area contributed by atoms with Crippen molar-refractivity contribution in [2.24, 2.45) is 0 Å². The Balaban J connectivity index is 1.75. The lowest BCUT2D eigenvalue weighted by Crippen LogP contribution is -2.36. The predicted octanol–water partition coefficient (Wildman–Crippen LogP) is 3.49. The first-order valence-electron chi connectivity index (χ1n) is 8.25. The first-order chi connectivity index (χ1) is 11.2. The molecule has 2 heterocycles. The van der Waals surface area contributed by atoms with Crippen LogP contribution in [0.1, 0.15) is 41.8 Å². The molecule has 120 valence electrons. The fourth-order valence-corrected chi connectivity index (χ4v) is 2.87. The van der Waals surface area contributed by atoms with Crippen molar-refractivity contribution in [3.05, 3.63) is 59.4 Å². The average Bonchev–Trinajstić information content (AvgIpc) is 2.60. The van der Waals surface area contributed by atoms with Gasteiger partial charge in [-0.2, -0.15) is 0 Å². The van der Waals surface area contributed by atoms with Gasteiger partial charge in [-0.3, -0.25) is 9.78 Å². The van der Waals surface area contributed by atoms with Crippen LogP contribution in [0.5, 0.6) is 0 Å². The molecule has 1 aliphatic heterocycles. The Morgan fingerprint density at radius 3 is 2.87 bits per heavy atom. The summed E-state index contributed by atoms with van der Waals surface area (Å²) >= 11 is 0. The highest BCUT2D eigenvalue weighted by Crippen LogP contribution is 2.21. The summed E-state index contributed by atoms with van der Waals surface area (Å²) in [6.45, 7) is 5.69. The molecular weight excluding hydrogens is 286 g/mol. The topological polar surface area (TPSA) is 45.2 Å². The second kappa shape index (κ2) is 6.82. The maximum Gasteiger partial charge on any atom is 0.255 e. The summed E-state index contributed by atoms with van der Waals surface area (Å²) in [6.07, 6.45) is 5.38. The van der Waals surface area contributed by atoms with E-state index in [2.05, 4.69) is 42.3 Å². The van der Waals surface area contributed by atoms with Crippen molar-refractivity contribution in [3.8, 4) is 0 Å². The van der Waals surface area contributed by atoms with Crippen molar-refractivity contribution in [1.82, 2.24) is 9.88 Å². The maximum atomic E-state index is 12.8. The average molecular weight is 309 g/mol. The summed E-state index contributed by atoms with van der Waals surface area (Å²) in [5.74, 6) is 0.0554. The molecule has 1 N–H and O–H groups in total. The third-order valence-electron chi connectivity index (χ3n) is 4.43. The highest BCUT2D eigenvalue weighted by atomic mass is 16.2. The van der Waals surface area contributed by atoms with E-state index >= 15 is 0 Å². The zero-order valence-corrected chi connectivity index (χ0v) is 13.7. The van der Waals surface area contributed by atoms with Crippen LogP contribution in [-0.4, -0.2) is 28.4 Å². The van der Waals surface area contributed by atoms with Crippen LogP contribution >= 0.6 is 0 Å². The van der Waals surface area contributed by atoms with E-state index in [9.17, 15) is 4.79 Å². The number of carbonyl (C=O) groups excluding carboxylic acids is 1. The van der Waals surface area contributed by atoms with Gasteiger partial charge in [-0.05, 0) is 37.0 Å². The van der Waals surface area contributed by atoms with E-state index in [0.29, 0.717) is 18.2 Å². The largest absolute Gasteiger partial charge is 0.381 e. The number of nitrogens with one attached hydrogen (secondary N) is 1. The van der Waals surface area contributed by atoms with Crippen LogP contribution in [0.4, 0.5) is 5.69 Å². The van der Waals surface area contributed by atoms with E-state index in [0.717, 1.165) is 25.1 Å². The van der Waals surface area contributed by atoms with E-state index in [1.54, 1.807) is 12.4 Å². The number of rotatable bonds is 4. The molecule has 4 heteroatoms. The minimum atomic E-state index is 0.0554. The number of hydrogen-bond acceptors (Lipinski definition) is 3. The Morgan fingerprint density at radius 2 is 2.09 bits per heavy atom. The van der Waals surface area contributed by atoms with Crippen molar-refractivity contribution in [2.45, 2.75) is 39.3 Å². The van der Waals surface area contributed by atoms with Crippen molar-refractivity contribution >= 4 is 11.6 Å². The number of nitrogens with zero attached hydrogens (tertiary/aromatic N) is 2. The van der Waals surface area contributed by atoms with Gasteiger partial charge in [-0.1, -0.05) is 31.2 Å². The lowest BCUT2D eigenvalue weighted by Gasteiger charge is -2.29. The van der Waals surface area contributed by atoms with Crippen molar-refractivity contribution in [3.63, 3.8) is 0 Å². The Morgan fingerprint density at radius 1 is 1.30 bits per heavy atom. The van der Waals surface area contributed by atoms with Gasteiger partial charge in [-0.25, -0.2) is 0 Å². The van der Waals surface area contributed by atoms with Crippen LogP contribution in [0.25, 0.3) is 0 Å². The van der Waals surface area contributed by atoms with Gasteiger partial charge in [0.25, 0.3) is 5.91 Å². The fourth-order valence-electron chi connectivity index (χ4n) is 2.87. The molecule has 0 bridgehead atoms. The maximum absolute atomic E-state index is 12.8. The van der Waals surface area contributed by atoms with E-state index in [4.69, 9.17) is 0 Å². The fraction of sp³-hybridized carbons (Fsp3) is 0.368. The molecule has 0 saturated carbocycles. The van der Waals surface area contributed by atoms with Crippen LogP contribution in [0.3, 0.4) is 0 Å². The smallest absolute Gasteiger partial charge is 0.255 e. The van der Waals surface area contributed by atoms with Crippen LogP contribution < -0.4 is 5.32 Å². The highest BCUT2D eigenvalue weighted by molar-refractivity contribution is 5.94. The number of fused-ring (bicyclic) bond motifs is 1. The van der Waals surface area contributed by atoms with Gasteiger partial charge in [-0.15, -0.1) is 0 Å². The zero-order chi connectivity index (χ0) is 16.2. The molecule has 0 aliphatic carbocycles. The van der Waals surface area contributed by atoms with Gasteiger partial charge >= 0.3 is 0 Å².